The quantitative estimate of drug-likeness (QED) is 0.909. The summed E-state index contributed by atoms with van der Waals surface area (Å²) >= 11 is 0. The van der Waals surface area contributed by atoms with E-state index in [4.69, 9.17) is 5.11 Å². The van der Waals surface area contributed by atoms with E-state index >= 15 is 0 Å². The third-order valence-electron chi connectivity index (χ3n) is 4.06. The average molecular weight is 315 g/mol. The molecule has 1 aromatic carbocycles. The third kappa shape index (κ3) is 3.44. The Morgan fingerprint density at radius 2 is 1.95 bits per heavy atom. The average Bonchev–Trinajstić information content (AvgIpc) is 2.48. The molecule has 1 fully saturated rings. The van der Waals surface area contributed by atoms with Crippen molar-refractivity contribution in [2.45, 2.75) is 56.6 Å². The molecule has 4 nitrogen and oxygen atoms in total. The number of hydrogen-bond acceptors (Lipinski definition) is 3. The molecule has 2 rings (SSSR count). The lowest BCUT2D eigenvalue weighted by atomic mass is 9.95. The predicted molar refractivity (Wildman–Crippen MR) is 78.8 cm³/mol. The van der Waals surface area contributed by atoms with Gasteiger partial charge in [0.2, 0.25) is 10.0 Å². The molecular formula is C15H22FNO3S. The minimum Gasteiger partial charge on any atom is -0.392 e. The largest absolute Gasteiger partial charge is 0.392 e. The van der Waals surface area contributed by atoms with Crippen LogP contribution in [0.2, 0.25) is 0 Å². The molecule has 0 saturated heterocycles. The van der Waals surface area contributed by atoms with E-state index in [0.29, 0.717) is 12.1 Å². The Hall–Kier alpha value is -0.980. The van der Waals surface area contributed by atoms with Crippen LogP contribution in [0.3, 0.4) is 0 Å². The van der Waals surface area contributed by atoms with Crippen LogP contribution in [-0.4, -0.2) is 30.4 Å². The van der Waals surface area contributed by atoms with Crippen molar-refractivity contribution in [1.82, 2.24) is 4.31 Å². The Morgan fingerprint density at radius 3 is 2.48 bits per heavy atom. The van der Waals surface area contributed by atoms with Crippen LogP contribution in [0.25, 0.3) is 0 Å². The second kappa shape index (κ2) is 6.85. The van der Waals surface area contributed by atoms with Gasteiger partial charge in [-0.15, -0.1) is 0 Å². The molecule has 0 radical (unpaired) electrons. The first-order valence-electron chi connectivity index (χ1n) is 7.41. The zero-order valence-electron chi connectivity index (χ0n) is 12.3. The van der Waals surface area contributed by atoms with Gasteiger partial charge in [-0.1, -0.05) is 32.3 Å². The summed E-state index contributed by atoms with van der Waals surface area (Å²) in [5.41, 5.74) is 0.368. The zero-order chi connectivity index (χ0) is 15.5. The van der Waals surface area contributed by atoms with Crippen LogP contribution in [0.4, 0.5) is 4.39 Å². The Labute approximate surface area is 125 Å². The van der Waals surface area contributed by atoms with E-state index in [1.807, 2.05) is 0 Å². The standard InChI is InChI=1S/C15H22FNO3S/c1-2-17(13-6-4-3-5-7-13)21(19,20)15-9-8-12(11-18)10-14(15)16/h8-10,13,18H,2-7,11H2,1H3. The fraction of sp³-hybridized carbons (Fsp3) is 0.600. The van der Waals surface area contributed by atoms with E-state index in [9.17, 15) is 12.8 Å². The van der Waals surface area contributed by atoms with Gasteiger partial charge in [0.25, 0.3) is 0 Å². The molecule has 118 valence electrons. The summed E-state index contributed by atoms with van der Waals surface area (Å²) in [6.07, 6.45) is 4.84. The number of aliphatic hydroxyl groups is 1. The smallest absolute Gasteiger partial charge is 0.246 e. The number of hydrogen-bond donors (Lipinski definition) is 1. The maximum absolute atomic E-state index is 14.1. The lowest BCUT2D eigenvalue weighted by molar-refractivity contribution is 0.260. The van der Waals surface area contributed by atoms with Gasteiger partial charge in [-0.3, -0.25) is 0 Å². The Bertz CT molecular complexity index is 583. The van der Waals surface area contributed by atoms with E-state index < -0.39 is 15.8 Å². The van der Waals surface area contributed by atoms with E-state index in [1.165, 1.54) is 16.4 Å². The van der Waals surface area contributed by atoms with Crippen LogP contribution in [0.15, 0.2) is 23.1 Å². The first-order chi connectivity index (χ1) is 10.0. The number of nitrogens with zero attached hydrogens (tertiary/aromatic N) is 1. The molecule has 0 atom stereocenters. The number of sulfonamides is 1. The predicted octanol–water partition coefficient (Wildman–Crippen LogP) is 2.66. The molecular weight excluding hydrogens is 293 g/mol. The highest BCUT2D eigenvalue weighted by atomic mass is 32.2. The van der Waals surface area contributed by atoms with Gasteiger partial charge < -0.3 is 5.11 Å². The van der Waals surface area contributed by atoms with Gasteiger partial charge in [-0.25, -0.2) is 12.8 Å². The number of rotatable bonds is 5. The summed E-state index contributed by atoms with van der Waals surface area (Å²) < 4.78 is 40.9. The lowest BCUT2D eigenvalue weighted by Crippen LogP contribution is -2.41. The molecule has 0 bridgehead atoms. The van der Waals surface area contributed by atoms with Crippen molar-refractivity contribution < 1.29 is 17.9 Å². The molecule has 0 unspecified atom stereocenters. The second-order valence-corrected chi connectivity index (χ2v) is 7.28. The first kappa shape index (κ1) is 16.4. The van der Waals surface area contributed by atoms with Gasteiger partial charge >= 0.3 is 0 Å². The van der Waals surface area contributed by atoms with Crippen molar-refractivity contribution >= 4 is 10.0 Å². The van der Waals surface area contributed by atoms with Crippen LogP contribution >= 0.6 is 0 Å². The molecule has 0 aliphatic heterocycles. The fourth-order valence-electron chi connectivity index (χ4n) is 2.97. The SMILES string of the molecule is CCN(C1CCCCC1)S(=O)(=O)c1ccc(CO)cc1F. The second-order valence-electron chi connectivity index (χ2n) is 5.42. The summed E-state index contributed by atoms with van der Waals surface area (Å²) in [6.45, 7) is 1.82. The molecule has 1 aliphatic rings. The summed E-state index contributed by atoms with van der Waals surface area (Å²) in [6, 6.07) is 3.75. The van der Waals surface area contributed by atoms with Gasteiger partial charge in [-0.05, 0) is 30.5 Å². The summed E-state index contributed by atoms with van der Waals surface area (Å²) in [4.78, 5) is -0.299. The van der Waals surface area contributed by atoms with Crippen LogP contribution in [0.5, 0.6) is 0 Å². The minimum absolute atomic E-state index is 0.0364. The van der Waals surface area contributed by atoms with Gasteiger partial charge in [0.15, 0.2) is 0 Å². The number of halogens is 1. The van der Waals surface area contributed by atoms with E-state index in [1.54, 1.807) is 6.92 Å². The van der Waals surface area contributed by atoms with E-state index in [-0.39, 0.29) is 17.5 Å². The van der Waals surface area contributed by atoms with Gasteiger partial charge in [0.05, 0.1) is 6.61 Å². The molecule has 1 N–H and O–H groups in total. The third-order valence-corrected chi connectivity index (χ3v) is 6.12. The molecule has 0 heterocycles. The monoisotopic (exact) mass is 315 g/mol. The molecule has 0 spiro atoms. The summed E-state index contributed by atoms with van der Waals surface area (Å²) in [5.74, 6) is -0.796. The van der Waals surface area contributed by atoms with E-state index in [2.05, 4.69) is 0 Å². The molecule has 1 aromatic rings. The first-order valence-corrected chi connectivity index (χ1v) is 8.85. The van der Waals surface area contributed by atoms with Crippen molar-refractivity contribution in [2.24, 2.45) is 0 Å². The van der Waals surface area contributed by atoms with Crippen molar-refractivity contribution in [1.29, 1.82) is 0 Å². The molecule has 1 saturated carbocycles. The summed E-state index contributed by atoms with van der Waals surface area (Å²) in [7, 11) is -3.83. The van der Waals surface area contributed by atoms with Gasteiger partial charge in [0, 0.05) is 12.6 Å². The molecule has 21 heavy (non-hydrogen) atoms. The van der Waals surface area contributed by atoms with Crippen molar-refractivity contribution in [2.75, 3.05) is 6.54 Å². The van der Waals surface area contributed by atoms with Crippen molar-refractivity contribution in [3.63, 3.8) is 0 Å². The van der Waals surface area contributed by atoms with Crippen LogP contribution in [0.1, 0.15) is 44.6 Å². The fourth-order valence-corrected chi connectivity index (χ4v) is 4.71. The summed E-state index contributed by atoms with van der Waals surface area (Å²) in [5, 5.41) is 8.99. The van der Waals surface area contributed by atoms with Gasteiger partial charge in [0.1, 0.15) is 10.7 Å². The van der Waals surface area contributed by atoms with Crippen LogP contribution < -0.4 is 0 Å². The van der Waals surface area contributed by atoms with Crippen LogP contribution in [0, 0.1) is 5.82 Å². The normalized spacial score (nSPS) is 17.3. The number of benzene rings is 1. The maximum Gasteiger partial charge on any atom is 0.246 e. The Kier molecular flexibility index (Phi) is 5.35. The topological polar surface area (TPSA) is 57.6 Å². The minimum atomic E-state index is -3.83. The highest BCUT2D eigenvalue weighted by Crippen LogP contribution is 2.28. The Morgan fingerprint density at radius 1 is 1.29 bits per heavy atom. The molecule has 0 aromatic heterocycles. The molecule has 6 heteroatoms. The highest BCUT2D eigenvalue weighted by Gasteiger charge is 2.32. The van der Waals surface area contributed by atoms with Crippen molar-refractivity contribution in [3.05, 3.63) is 29.6 Å². The highest BCUT2D eigenvalue weighted by molar-refractivity contribution is 7.89. The lowest BCUT2D eigenvalue weighted by Gasteiger charge is -2.32. The molecule has 1 aliphatic carbocycles. The molecule has 0 amide bonds. The zero-order valence-corrected chi connectivity index (χ0v) is 13.1. The Balaban J connectivity index is 2.34. The maximum atomic E-state index is 14.1. The van der Waals surface area contributed by atoms with Crippen LogP contribution in [-0.2, 0) is 16.6 Å². The number of aliphatic hydroxyl groups excluding tert-OH is 1. The van der Waals surface area contributed by atoms with E-state index in [0.717, 1.165) is 38.2 Å². The van der Waals surface area contributed by atoms with Crippen molar-refractivity contribution in [3.8, 4) is 0 Å². The van der Waals surface area contributed by atoms with Gasteiger partial charge in [-0.2, -0.15) is 4.31 Å².